The van der Waals surface area contributed by atoms with Crippen LogP contribution in [0.1, 0.15) is 19.4 Å². The average Bonchev–Trinajstić information content (AvgIpc) is 2.08. The van der Waals surface area contributed by atoms with Gasteiger partial charge in [-0.15, -0.1) is 0 Å². The van der Waals surface area contributed by atoms with Gasteiger partial charge in [0, 0.05) is 12.2 Å². The van der Waals surface area contributed by atoms with Crippen molar-refractivity contribution in [3.63, 3.8) is 0 Å². The molecular formula is C10H15ClN2. The van der Waals surface area contributed by atoms with E-state index >= 15 is 0 Å². The van der Waals surface area contributed by atoms with Gasteiger partial charge < -0.3 is 5.32 Å². The molecule has 1 aromatic rings. The van der Waals surface area contributed by atoms with Crippen LogP contribution in [-0.4, -0.2) is 17.6 Å². The summed E-state index contributed by atoms with van der Waals surface area (Å²) in [5.41, 5.74) is 1.22. The van der Waals surface area contributed by atoms with Gasteiger partial charge in [-0.25, -0.2) is 4.98 Å². The predicted octanol–water partition coefficient (Wildman–Crippen LogP) is 2.28. The van der Waals surface area contributed by atoms with Gasteiger partial charge in [0.2, 0.25) is 0 Å². The van der Waals surface area contributed by atoms with Crippen molar-refractivity contribution >= 4 is 11.6 Å². The van der Waals surface area contributed by atoms with Crippen molar-refractivity contribution in [1.82, 2.24) is 10.3 Å². The van der Waals surface area contributed by atoms with Crippen molar-refractivity contribution in [2.75, 3.05) is 6.54 Å². The second-order valence-corrected chi connectivity index (χ2v) is 3.74. The molecule has 0 aliphatic carbocycles. The number of halogens is 1. The zero-order chi connectivity index (χ0) is 9.68. The minimum atomic E-state index is 0.542. The lowest BCUT2D eigenvalue weighted by molar-refractivity contribution is 0.590. The van der Waals surface area contributed by atoms with E-state index < -0.39 is 0 Å². The van der Waals surface area contributed by atoms with E-state index in [0.717, 1.165) is 13.0 Å². The van der Waals surface area contributed by atoms with Crippen molar-refractivity contribution in [2.45, 2.75) is 26.3 Å². The Labute approximate surface area is 84.3 Å². The Balaban J connectivity index is 2.33. The van der Waals surface area contributed by atoms with Gasteiger partial charge in [-0.3, -0.25) is 0 Å². The highest BCUT2D eigenvalue weighted by Gasteiger charge is 1.95. The van der Waals surface area contributed by atoms with Crippen molar-refractivity contribution < 1.29 is 0 Å². The maximum absolute atomic E-state index is 5.67. The fourth-order valence-corrected chi connectivity index (χ4v) is 1.17. The molecule has 1 N–H and O–H groups in total. The lowest BCUT2D eigenvalue weighted by Gasteiger charge is -2.07. The number of hydrogen-bond donors (Lipinski definition) is 1. The van der Waals surface area contributed by atoms with Crippen molar-refractivity contribution in [1.29, 1.82) is 0 Å². The number of rotatable bonds is 4. The summed E-state index contributed by atoms with van der Waals surface area (Å²) in [6.45, 7) is 5.27. The van der Waals surface area contributed by atoms with Crippen molar-refractivity contribution in [2.24, 2.45) is 0 Å². The summed E-state index contributed by atoms with van der Waals surface area (Å²) in [5.74, 6) is 0. The summed E-state index contributed by atoms with van der Waals surface area (Å²) in [7, 11) is 0. The molecule has 0 saturated heterocycles. The van der Waals surface area contributed by atoms with Crippen LogP contribution in [0.5, 0.6) is 0 Å². The van der Waals surface area contributed by atoms with E-state index in [4.69, 9.17) is 11.6 Å². The molecule has 0 amide bonds. The SMILES string of the molecule is CC(C)NCCc1ccc(Cl)nc1. The van der Waals surface area contributed by atoms with Gasteiger partial charge in [0.25, 0.3) is 0 Å². The van der Waals surface area contributed by atoms with E-state index in [9.17, 15) is 0 Å². The monoisotopic (exact) mass is 198 g/mol. The molecule has 0 spiro atoms. The fourth-order valence-electron chi connectivity index (χ4n) is 1.06. The number of hydrogen-bond acceptors (Lipinski definition) is 2. The maximum Gasteiger partial charge on any atom is 0.129 e. The molecule has 0 aliphatic heterocycles. The normalized spacial score (nSPS) is 10.8. The van der Waals surface area contributed by atoms with Crippen LogP contribution in [0.3, 0.4) is 0 Å². The van der Waals surface area contributed by atoms with Crippen LogP contribution < -0.4 is 5.32 Å². The molecule has 0 radical (unpaired) electrons. The van der Waals surface area contributed by atoms with Gasteiger partial charge in [-0.05, 0) is 24.6 Å². The van der Waals surface area contributed by atoms with Crippen LogP contribution in [0, 0.1) is 0 Å². The first-order valence-corrected chi connectivity index (χ1v) is 4.90. The van der Waals surface area contributed by atoms with E-state index in [0.29, 0.717) is 11.2 Å². The average molecular weight is 199 g/mol. The molecule has 0 atom stereocenters. The summed E-state index contributed by atoms with van der Waals surface area (Å²) in [6, 6.07) is 4.38. The molecule has 0 fully saturated rings. The first-order valence-electron chi connectivity index (χ1n) is 4.52. The summed E-state index contributed by atoms with van der Waals surface area (Å²) < 4.78 is 0. The van der Waals surface area contributed by atoms with Crippen molar-refractivity contribution in [3.05, 3.63) is 29.0 Å². The van der Waals surface area contributed by atoms with E-state index in [1.165, 1.54) is 5.56 Å². The van der Waals surface area contributed by atoms with Gasteiger partial charge in [0.1, 0.15) is 5.15 Å². The molecule has 0 bridgehead atoms. The smallest absolute Gasteiger partial charge is 0.129 e. The number of nitrogens with one attached hydrogen (secondary N) is 1. The molecule has 13 heavy (non-hydrogen) atoms. The first-order chi connectivity index (χ1) is 6.18. The highest BCUT2D eigenvalue weighted by Crippen LogP contribution is 2.05. The molecule has 72 valence electrons. The molecule has 3 heteroatoms. The third-order valence-corrected chi connectivity index (χ3v) is 1.98. The van der Waals surface area contributed by atoms with E-state index in [1.54, 1.807) is 0 Å². The Morgan fingerprint density at radius 2 is 2.23 bits per heavy atom. The van der Waals surface area contributed by atoms with Crippen LogP contribution >= 0.6 is 11.6 Å². The highest BCUT2D eigenvalue weighted by molar-refractivity contribution is 6.29. The molecule has 1 heterocycles. The van der Waals surface area contributed by atoms with Gasteiger partial charge in [-0.2, -0.15) is 0 Å². The van der Waals surface area contributed by atoms with E-state index in [-0.39, 0.29) is 0 Å². The topological polar surface area (TPSA) is 24.9 Å². The Morgan fingerprint density at radius 1 is 1.46 bits per heavy atom. The predicted molar refractivity (Wildman–Crippen MR) is 56.1 cm³/mol. The molecule has 1 rings (SSSR count). The lowest BCUT2D eigenvalue weighted by atomic mass is 10.2. The second-order valence-electron chi connectivity index (χ2n) is 3.35. The quantitative estimate of drug-likeness (QED) is 0.751. The number of pyridine rings is 1. The number of aromatic nitrogens is 1. The standard InChI is InChI=1S/C10H15ClN2/c1-8(2)12-6-5-9-3-4-10(11)13-7-9/h3-4,7-8,12H,5-6H2,1-2H3. The Hall–Kier alpha value is -0.600. The minimum Gasteiger partial charge on any atom is -0.314 e. The molecule has 0 unspecified atom stereocenters. The maximum atomic E-state index is 5.67. The first kappa shape index (κ1) is 10.5. The van der Waals surface area contributed by atoms with Crippen LogP contribution in [0.2, 0.25) is 5.15 Å². The van der Waals surface area contributed by atoms with Gasteiger partial charge in [0.05, 0.1) is 0 Å². The van der Waals surface area contributed by atoms with Gasteiger partial charge in [-0.1, -0.05) is 31.5 Å². The molecule has 0 aromatic carbocycles. The molecule has 1 aromatic heterocycles. The summed E-state index contributed by atoms with van der Waals surface area (Å²) in [5, 5.41) is 3.90. The lowest BCUT2D eigenvalue weighted by Crippen LogP contribution is -2.24. The Bertz CT molecular complexity index is 244. The fraction of sp³-hybridized carbons (Fsp3) is 0.500. The largest absolute Gasteiger partial charge is 0.314 e. The van der Waals surface area contributed by atoms with Crippen LogP contribution in [0.4, 0.5) is 0 Å². The van der Waals surface area contributed by atoms with Crippen LogP contribution in [0.15, 0.2) is 18.3 Å². The van der Waals surface area contributed by atoms with Gasteiger partial charge >= 0.3 is 0 Å². The summed E-state index contributed by atoms with van der Waals surface area (Å²) in [6.07, 6.45) is 2.83. The third-order valence-electron chi connectivity index (χ3n) is 1.75. The van der Waals surface area contributed by atoms with E-state index in [2.05, 4.69) is 24.1 Å². The zero-order valence-electron chi connectivity index (χ0n) is 8.05. The van der Waals surface area contributed by atoms with Crippen LogP contribution in [-0.2, 0) is 6.42 Å². The zero-order valence-corrected chi connectivity index (χ0v) is 8.80. The molecular weight excluding hydrogens is 184 g/mol. The molecule has 0 aliphatic rings. The Kier molecular flexibility index (Phi) is 4.19. The van der Waals surface area contributed by atoms with Crippen molar-refractivity contribution in [3.8, 4) is 0 Å². The van der Waals surface area contributed by atoms with E-state index in [1.807, 2.05) is 18.3 Å². The Morgan fingerprint density at radius 3 is 2.77 bits per heavy atom. The third kappa shape index (κ3) is 4.25. The summed E-state index contributed by atoms with van der Waals surface area (Å²) >= 11 is 5.67. The number of nitrogens with zero attached hydrogens (tertiary/aromatic N) is 1. The molecule has 0 saturated carbocycles. The highest BCUT2D eigenvalue weighted by atomic mass is 35.5. The van der Waals surface area contributed by atoms with Gasteiger partial charge in [0.15, 0.2) is 0 Å². The summed E-state index contributed by atoms with van der Waals surface area (Å²) in [4.78, 5) is 4.01. The molecule has 2 nitrogen and oxygen atoms in total. The second kappa shape index (κ2) is 5.20. The van der Waals surface area contributed by atoms with Crippen LogP contribution in [0.25, 0.3) is 0 Å². The minimum absolute atomic E-state index is 0.542.